The molecule has 0 aromatic heterocycles. The molecule has 0 aliphatic heterocycles. The van der Waals surface area contributed by atoms with Crippen LogP contribution in [0.1, 0.15) is 5.56 Å². The molecule has 0 spiro atoms. The predicted octanol–water partition coefficient (Wildman–Crippen LogP) is 3.58. The van der Waals surface area contributed by atoms with Crippen molar-refractivity contribution in [1.29, 1.82) is 0 Å². The normalized spacial score (nSPS) is 10.8. The molecule has 0 amide bonds. The minimum atomic E-state index is -0.0451. The summed E-state index contributed by atoms with van der Waals surface area (Å²) in [7, 11) is 0. The highest BCUT2D eigenvalue weighted by molar-refractivity contribution is 6.03. The third-order valence-electron chi connectivity index (χ3n) is 3.41. The number of aliphatic hydroxyl groups is 1. The molecule has 19 heavy (non-hydrogen) atoms. The molecule has 3 aromatic rings. The van der Waals surface area contributed by atoms with Crippen LogP contribution in [0.15, 0.2) is 60.7 Å². The van der Waals surface area contributed by atoms with Crippen LogP contribution in [0, 0.1) is 0 Å². The molecule has 3 rings (SSSR count). The van der Waals surface area contributed by atoms with Crippen LogP contribution in [0.3, 0.4) is 0 Å². The van der Waals surface area contributed by atoms with Crippen molar-refractivity contribution in [2.24, 2.45) is 0 Å². The molecule has 0 saturated carbocycles. The smallest absolute Gasteiger partial charge is 0.0702 e. The maximum Gasteiger partial charge on any atom is 0.0702 e. The number of hydrogen-bond acceptors (Lipinski definition) is 2. The number of hydrogen-bond donors (Lipinski definition) is 2. The van der Waals surface area contributed by atoms with Gasteiger partial charge in [0.1, 0.15) is 0 Å². The maximum absolute atomic E-state index is 9.47. The highest BCUT2D eigenvalue weighted by Gasteiger charge is 2.11. The van der Waals surface area contributed by atoms with Crippen LogP contribution in [-0.2, 0) is 6.61 Å². The molecule has 0 aliphatic carbocycles. The lowest BCUT2D eigenvalue weighted by Gasteiger charge is -2.14. The molecule has 0 heterocycles. The van der Waals surface area contributed by atoms with Crippen LogP contribution in [0.5, 0.6) is 0 Å². The summed E-state index contributed by atoms with van der Waals surface area (Å²) in [6.07, 6.45) is 0. The Morgan fingerprint density at radius 2 is 1.58 bits per heavy atom. The van der Waals surface area contributed by atoms with Crippen LogP contribution >= 0.6 is 0 Å². The number of anilines is 1. The fraction of sp³-hybridized carbons (Fsp3) is 0.0588. The van der Waals surface area contributed by atoms with E-state index in [1.165, 1.54) is 0 Å². The van der Waals surface area contributed by atoms with E-state index in [0.29, 0.717) is 5.69 Å². The predicted molar refractivity (Wildman–Crippen MR) is 79.7 cm³/mol. The summed E-state index contributed by atoms with van der Waals surface area (Å²) in [6.45, 7) is -0.0451. The summed E-state index contributed by atoms with van der Waals surface area (Å²) >= 11 is 0. The van der Waals surface area contributed by atoms with E-state index in [0.717, 1.165) is 27.5 Å². The van der Waals surface area contributed by atoms with Gasteiger partial charge in [-0.05, 0) is 22.4 Å². The van der Waals surface area contributed by atoms with Crippen molar-refractivity contribution in [3.05, 3.63) is 66.2 Å². The number of rotatable bonds is 2. The Balaban J connectivity index is 2.41. The maximum atomic E-state index is 9.47. The van der Waals surface area contributed by atoms with Gasteiger partial charge in [-0.25, -0.2) is 0 Å². The summed E-state index contributed by atoms with van der Waals surface area (Å²) in [4.78, 5) is 0. The van der Waals surface area contributed by atoms with Crippen LogP contribution in [0.2, 0.25) is 0 Å². The molecular formula is C17H15NO. The molecule has 2 heteroatoms. The second-order valence-corrected chi connectivity index (χ2v) is 4.57. The van der Waals surface area contributed by atoms with Gasteiger partial charge in [0.15, 0.2) is 0 Å². The van der Waals surface area contributed by atoms with Gasteiger partial charge in [-0.3, -0.25) is 0 Å². The third-order valence-corrected chi connectivity index (χ3v) is 3.41. The molecular weight excluding hydrogens is 234 g/mol. The van der Waals surface area contributed by atoms with E-state index in [9.17, 15) is 5.11 Å². The van der Waals surface area contributed by atoms with Gasteiger partial charge in [0.2, 0.25) is 0 Å². The molecule has 0 bridgehead atoms. The van der Waals surface area contributed by atoms with Crippen molar-refractivity contribution in [2.75, 3.05) is 5.73 Å². The fourth-order valence-corrected chi connectivity index (χ4v) is 2.47. The Kier molecular flexibility index (Phi) is 2.94. The van der Waals surface area contributed by atoms with Crippen molar-refractivity contribution in [3.63, 3.8) is 0 Å². The Morgan fingerprint density at radius 3 is 2.32 bits per heavy atom. The highest BCUT2D eigenvalue weighted by atomic mass is 16.3. The zero-order chi connectivity index (χ0) is 13.2. The van der Waals surface area contributed by atoms with Crippen molar-refractivity contribution in [3.8, 4) is 11.1 Å². The summed E-state index contributed by atoms with van der Waals surface area (Å²) in [6, 6.07) is 20.1. The molecule has 0 radical (unpaired) electrons. The number of nitrogens with two attached hydrogens (primary N) is 1. The fourth-order valence-electron chi connectivity index (χ4n) is 2.47. The molecule has 0 fully saturated rings. The molecule has 3 N–H and O–H groups in total. The second kappa shape index (κ2) is 4.75. The zero-order valence-electron chi connectivity index (χ0n) is 10.5. The van der Waals surface area contributed by atoms with E-state index < -0.39 is 0 Å². The minimum Gasteiger partial charge on any atom is -0.398 e. The van der Waals surface area contributed by atoms with Gasteiger partial charge in [0.05, 0.1) is 6.61 Å². The SMILES string of the molecule is Nc1c(CO)cc2ccccc2c1-c1ccccc1. The standard InChI is InChI=1S/C17H15NO/c18-17-14(11-19)10-13-8-4-5-9-15(13)16(17)12-6-2-1-3-7-12/h1-10,19H,11,18H2. The van der Waals surface area contributed by atoms with Crippen LogP contribution in [0.25, 0.3) is 21.9 Å². The Labute approximate surface area is 112 Å². The number of benzene rings is 3. The highest BCUT2D eigenvalue weighted by Crippen LogP contribution is 2.36. The summed E-state index contributed by atoms with van der Waals surface area (Å²) < 4.78 is 0. The van der Waals surface area contributed by atoms with Crippen LogP contribution in [0.4, 0.5) is 5.69 Å². The van der Waals surface area contributed by atoms with Crippen LogP contribution in [-0.4, -0.2) is 5.11 Å². The minimum absolute atomic E-state index is 0.0451. The first-order chi connectivity index (χ1) is 9.31. The van der Waals surface area contributed by atoms with Gasteiger partial charge in [-0.15, -0.1) is 0 Å². The lowest BCUT2D eigenvalue weighted by molar-refractivity contribution is 0.283. The second-order valence-electron chi connectivity index (χ2n) is 4.57. The first-order valence-electron chi connectivity index (χ1n) is 6.27. The van der Waals surface area contributed by atoms with Crippen LogP contribution < -0.4 is 5.73 Å². The summed E-state index contributed by atoms with van der Waals surface area (Å²) in [5.74, 6) is 0. The zero-order valence-corrected chi connectivity index (χ0v) is 10.5. The summed E-state index contributed by atoms with van der Waals surface area (Å²) in [5, 5.41) is 11.7. The topological polar surface area (TPSA) is 46.2 Å². The van der Waals surface area contributed by atoms with Gasteiger partial charge in [0, 0.05) is 16.8 Å². The monoisotopic (exact) mass is 249 g/mol. The molecule has 0 atom stereocenters. The Bertz CT molecular complexity index is 720. The van der Waals surface area contributed by atoms with E-state index in [4.69, 9.17) is 5.73 Å². The van der Waals surface area contributed by atoms with Gasteiger partial charge in [-0.2, -0.15) is 0 Å². The van der Waals surface area contributed by atoms with E-state index >= 15 is 0 Å². The number of nitrogen functional groups attached to an aromatic ring is 1. The van der Waals surface area contributed by atoms with Gasteiger partial charge in [0.25, 0.3) is 0 Å². The number of aliphatic hydroxyl groups excluding tert-OH is 1. The Morgan fingerprint density at radius 1 is 0.895 bits per heavy atom. The lowest BCUT2D eigenvalue weighted by atomic mass is 9.93. The largest absolute Gasteiger partial charge is 0.398 e. The quantitative estimate of drug-likeness (QED) is 0.682. The van der Waals surface area contributed by atoms with Crippen molar-refractivity contribution >= 4 is 16.5 Å². The molecule has 3 aromatic carbocycles. The van der Waals surface area contributed by atoms with Crippen molar-refractivity contribution in [2.45, 2.75) is 6.61 Å². The van der Waals surface area contributed by atoms with Crippen molar-refractivity contribution in [1.82, 2.24) is 0 Å². The first-order valence-corrected chi connectivity index (χ1v) is 6.27. The molecule has 0 saturated heterocycles. The van der Waals surface area contributed by atoms with Crippen molar-refractivity contribution < 1.29 is 5.11 Å². The van der Waals surface area contributed by atoms with Gasteiger partial charge < -0.3 is 10.8 Å². The Hall–Kier alpha value is -2.32. The van der Waals surface area contributed by atoms with E-state index in [1.807, 2.05) is 54.6 Å². The third kappa shape index (κ3) is 1.96. The van der Waals surface area contributed by atoms with Gasteiger partial charge in [-0.1, -0.05) is 54.6 Å². The van der Waals surface area contributed by atoms with E-state index in [-0.39, 0.29) is 6.61 Å². The van der Waals surface area contributed by atoms with E-state index in [1.54, 1.807) is 0 Å². The van der Waals surface area contributed by atoms with E-state index in [2.05, 4.69) is 6.07 Å². The molecule has 94 valence electrons. The molecule has 0 unspecified atom stereocenters. The lowest BCUT2D eigenvalue weighted by Crippen LogP contribution is -1.98. The average Bonchev–Trinajstić information content (AvgIpc) is 2.47. The molecule has 0 aliphatic rings. The summed E-state index contributed by atoms with van der Waals surface area (Å²) in [5.41, 5.74) is 9.75. The average molecular weight is 249 g/mol. The van der Waals surface area contributed by atoms with Gasteiger partial charge >= 0.3 is 0 Å². The number of fused-ring (bicyclic) bond motifs is 1. The first kappa shape index (κ1) is 11.8. The molecule has 2 nitrogen and oxygen atoms in total.